The topological polar surface area (TPSA) is 84.0 Å². The smallest absolute Gasteiger partial charge is 0.338 e. The van der Waals surface area contributed by atoms with E-state index in [0.717, 1.165) is 30.0 Å². The number of carbonyl (C=O) groups excluding carboxylic acids is 2. The minimum atomic E-state index is -3.93. The molecule has 0 N–H and O–H groups in total. The lowest BCUT2D eigenvalue weighted by atomic mass is 10.2. The number of carbonyl (C=O) groups is 2. The lowest BCUT2D eigenvalue weighted by Gasteiger charge is -2.20. The van der Waals surface area contributed by atoms with Crippen LogP contribution >= 0.6 is 11.6 Å². The van der Waals surface area contributed by atoms with E-state index in [0.29, 0.717) is 23.8 Å². The lowest BCUT2D eigenvalue weighted by molar-refractivity contribution is -0.134. The third-order valence-electron chi connectivity index (χ3n) is 5.19. The van der Waals surface area contributed by atoms with Crippen LogP contribution in [-0.4, -0.2) is 51.9 Å². The Bertz CT molecular complexity index is 1050. The van der Waals surface area contributed by atoms with Crippen LogP contribution < -0.4 is 4.31 Å². The van der Waals surface area contributed by atoms with E-state index in [1.54, 1.807) is 23.1 Å². The molecule has 0 atom stereocenters. The minimum absolute atomic E-state index is 0.0595. The van der Waals surface area contributed by atoms with Crippen LogP contribution in [0.15, 0.2) is 53.4 Å². The van der Waals surface area contributed by atoms with Gasteiger partial charge in [-0.25, -0.2) is 13.2 Å². The standard InChI is InChI=1S/C22H25ClN2O5S/c1-24(19-10-7-9-18(23)15-19)31(28,29)20-11-6-8-17(14-20)22(27)30-16-21(26)25-12-4-2-3-5-13-25/h6-11,14-15H,2-5,12-13,16H2,1H3. The number of esters is 1. The highest BCUT2D eigenvalue weighted by Crippen LogP contribution is 2.25. The predicted molar refractivity (Wildman–Crippen MR) is 119 cm³/mol. The molecular weight excluding hydrogens is 440 g/mol. The number of amides is 1. The van der Waals surface area contributed by atoms with E-state index in [4.69, 9.17) is 16.3 Å². The first-order chi connectivity index (χ1) is 14.8. The Kier molecular flexibility index (Phi) is 7.56. The first-order valence-corrected chi connectivity index (χ1v) is 11.9. The van der Waals surface area contributed by atoms with Gasteiger partial charge in [-0.15, -0.1) is 0 Å². The van der Waals surface area contributed by atoms with Crippen LogP contribution in [0.4, 0.5) is 5.69 Å². The molecule has 7 nitrogen and oxygen atoms in total. The summed E-state index contributed by atoms with van der Waals surface area (Å²) in [6.07, 6.45) is 4.07. The molecule has 1 aliphatic rings. The molecule has 3 rings (SSSR count). The van der Waals surface area contributed by atoms with Crippen molar-refractivity contribution in [3.05, 3.63) is 59.1 Å². The van der Waals surface area contributed by atoms with E-state index < -0.39 is 16.0 Å². The Morgan fingerprint density at radius 1 is 1.03 bits per heavy atom. The highest BCUT2D eigenvalue weighted by atomic mass is 35.5. The fourth-order valence-corrected chi connectivity index (χ4v) is 4.79. The first kappa shape index (κ1) is 23.1. The fourth-order valence-electron chi connectivity index (χ4n) is 3.37. The Morgan fingerprint density at radius 2 is 1.71 bits per heavy atom. The number of sulfonamides is 1. The molecule has 0 spiro atoms. The van der Waals surface area contributed by atoms with Crippen molar-refractivity contribution in [2.45, 2.75) is 30.6 Å². The third-order valence-corrected chi connectivity index (χ3v) is 7.20. The van der Waals surface area contributed by atoms with Crippen molar-refractivity contribution in [1.82, 2.24) is 4.90 Å². The van der Waals surface area contributed by atoms with Crippen LogP contribution in [0.1, 0.15) is 36.0 Å². The van der Waals surface area contributed by atoms with Gasteiger partial charge in [0.25, 0.3) is 15.9 Å². The molecule has 31 heavy (non-hydrogen) atoms. The van der Waals surface area contributed by atoms with Gasteiger partial charge >= 0.3 is 5.97 Å². The average Bonchev–Trinajstić information content (AvgIpc) is 3.06. The molecule has 1 heterocycles. The maximum atomic E-state index is 13.0. The molecule has 1 aliphatic heterocycles. The molecule has 0 aliphatic carbocycles. The normalized spacial score (nSPS) is 14.6. The van der Waals surface area contributed by atoms with Crippen LogP contribution in [0.25, 0.3) is 0 Å². The quantitative estimate of drug-likeness (QED) is 0.608. The molecule has 2 aromatic carbocycles. The summed E-state index contributed by atoms with van der Waals surface area (Å²) in [4.78, 5) is 26.4. The van der Waals surface area contributed by atoms with E-state index in [2.05, 4.69) is 0 Å². The number of hydrogen-bond acceptors (Lipinski definition) is 5. The van der Waals surface area contributed by atoms with Gasteiger partial charge in [-0.05, 0) is 49.2 Å². The zero-order valence-electron chi connectivity index (χ0n) is 17.3. The van der Waals surface area contributed by atoms with Crippen molar-refractivity contribution in [1.29, 1.82) is 0 Å². The van der Waals surface area contributed by atoms with Crippen molar-refractivity contribution in [2.24, 2.45) is 0 Å². The molecule has 0 radical (unpaired) electrons. The van der Waals surface area contributed by atoms with Gasteiger partial charge in [-0.3, -0.25) is 9.10 Å². The fraction of sp³-hybridized carbons (Fsp3) is 0.364. The second-order valence-electron chi connectivity index (χ2n) is 7.35. The van der Waals surface area contributed by atoms with Gasteiger partial charge in [-0.1, -0.05) is 36.6 Å². The SMILES string of the molecule is CN(c1cccc(Cl)c1)S(=O)(=O)c1cccc(C(=O)OCC(=O)N2CCCCCC2)c1. The van der Waals surface area contributed by atoms with Crippen molar-refractivity contribution < 1.29 is 22.7 Å². The summed E-state index contributed by atoms with van der Waals surface area (Å²) in [5, 5.41) is 0.408. The third kappa shape index (κ3) is 5.77. The second kappa shape index (κ2) is 10.2. The zero-order chi connectivity index (χ0) is 22.4. The van der Waals surface area contributed by atoms with Gasteiger partial charge < -0.3 is 9.64 Å². The van der Waals surface area contributed by atoms with Crippen LogP contribution in [0.5, 0.6) is 0 Å². The van der Waals surface area contributed by atoms with Gasteiger partial charge in [-0.2, -0.15) is 0 Å². The van der Waals surface area contributed by atoms with Crippen LogP contribution in [-0.2, 0) is 19.6 Å². The van der Waals surface area contributed by atoms with Gasteiger partial charge in [0.15, 0.2) is 6.61 Å². The number of likely N-dealkylation sites (tertiary alicyclic amines) is 1. The molecular formula is C22H25ClN2O5S. The molecule has 1 saturated heterocycles. The van der Waals surface area contributed by atoms with Crippen molar-refractivity contribution in [3.63, 3.8) is 0 Å². The van der Waals surface area contributed by atoms with Crippen molar-refractivity contribution in [2.75, 3.05) is 31.0 Å². The van der Waals surface area contributed by atoms with Gasteiger partial charge in [0.05, 0.1) is 16.1 Å². The summed E-state index contributed by atoms with van der Waals surface area (Å²) in [7, 11) is -2.52. The number of nitrogens with zero attached hydrogens (tertiary/aromatic N) is 2. The van der Waals surface area contributed by atoms with Crippen molar-refractivity contribution >= 4 is 39.2 Å². The summed E-state index contributed by atoms with van der Waals surface area (Å²) in [6, 6.07) is 12.0. The number of rotatable bonds is 6. The Hall–Kier alpha value is -2.58. The van der Waals surface area contributed by atoms with E-state index in [-0.39, 0.29) is 23.0 Å². The maximum Gasteiger partial charge on any atom is 0.338 e. The highest BCUT2D eigenvalue weighted by Gasteiger charge is 2.23. The zero-order valence-corrected chi connectivity index (χ0v) is 18.9. The molecule has 0 saturated carbocycles. The number of halogens is 1. The number of ether oxygens (including phenoxy) is 1. The van der Waals surface area contributed by atoms with Crippen LogP contribution in [0, 0.1) is 0 Å². The Balaban J connectivity index is 1.70. The van der Waals surface area contributed by atoms with E-state index in [9.17, 15) is 18.0 Å². The van der Waals surface area contributed by atoms with Gasteiger partial charge in [0.2, 0.25) is 0 Å². The van der Waals surface area contributed by atoms with E-state index in [1.807, 2.05) is 0 Å². The average molecular weight is 465 g/mol. The van der Waals surface area contributed by atoms with Crippen LogP contribution in [0.2, 0.25) is 5.02 Å². The molecule has 0 unspecified atom stereocenters. The minimum Gasteiger partial charge on any atom is -0.452 e. The highest BCUT2D eigenvalue weighted by molar-refractivity contribution is 7.92. The van der Waals surface area contributed by atoms with Crippen molar-refractivity contribution in [3.8, 4) is 0 Å². The molecule has 9 heteroatoms. The first-order valence-electron chi connectivity index (χ1n) is 10.1. The number of hydrogen-bond donors (Lipinski definition) is 0. The molecule has 166 valence electrons. The number of benzene rings is 2. The Labute approximate surface area is 187 Å². The summed E-state index contributed by atoms with van der Waals surface area (Å²) in [5.74, 6) is -0.981. The largest absolute Gasteiger partial charge is 0.452 e. The summed E-state index contributed by atoms with van der Waals surface area (Å²) in [5.41, 5.74) is 0.452. The lowest BCUT2D eigenvalue weighted by Crippen LogP contribution is -2.35. The van der Waals surface area contributed by atoms with E-state index >= 15 is 0 Å². The van der Waals surface area contributed by atoms with E-state index in [1.165, 1.54) is 37.4 Å². The monoisotopic (exact) mass is 464 g/mol. The summed E-state index contributed by atoms with van der Waals surface area (Å²) >= 11 is 5.96. The Morgan fingerprint density at radius 3 is 2.39 bits per heavy atom. The molecule has 2 aromatic rings. The number of anilines is 1. The van der Waals surface area contributed by atoms with Crippen LogP contribution in [0.3, 0.4) is 0 Å². The second-order valence-corrected chi connectivity index (χ2v) is 9.76. The molecule has 1 amide bonds. The molecule has 0 aromatic heterocycles. The van der Waals surface area contributed by atoms with Gasteiger partial charge in [0, 0.05) is 25.2 Å². The van der Waals surface area contributed by atoms with Gasteiger partial charge in [0.1, 0.15) is 0 Å². The maximum absolute atomic E-state index is 13.0. The summed E-state index contributed by atoms with van der Waals surface area (Å²) in [6.45, 7) is 0.970. The predicted octanol–water partition coefficient (Wildman–Crippen LogP) is 3.72. The summed E-state index contributed by atoms with van der Waals surface area (Å²) < 4.78 is 32.2. The molecule has 1 fully saturated rings. The molecule has 0 bridgehead atoms.